The van der Waals surface area contributed by atoms with Gasteiger partial charge in [0.15, 0.2) is 5.69 Å². The number of allylic oxidation sites excluding steroid dienone is 6. The van der Waals surface area contributed by atoms with Crippen LogP contribution in [-0.4, -0.2) is 20.5 Å². The number of aromatic nitrogens is 2. The predicted molar refractivity (Wildman–Crippen MR) is 117 cm³/mol. The third kappa shape index (κ3) is 3.44. The Labute approximate surface area is 174 Å². The topological polar surface area (TPSA) is 78.4 Å². The van der Waals surface area contributed by atoms with E-state index in [1.54, 1.807) is 10.6 Å². The number of carboxylic acids is 1. The minimum Gasteiger partial charge on any atom is -0.478 e. The normalized spacial score (nSPS) is 19.4. The molecule has 0 atom stereocenters. The Morgan fingerprint density at radius 2 is 1.93 bits per heavy atom. The molecule has 1 aliphatic rings. The molecular weight excluding hydrogens is 374 g/mol. The maximum Gasteiger partial charge on any atom is 0.335 e. The first-order valence-electron chi connectivity index (χ1n) is 9.79. The first kappa shape index (κ1) is 19.4. The molecule has 4 rings (SSSR count). The van der Waals surface area contributed by atoms with E-state index in [2.05, 4.69) is 43.1 Å². The Hall–Kier alpha value is -3.91. The van der Waals surface area contributed by atoms with Crippen LogP contribution in [0.2, 0.25) is 0 Å². The van der Waals surface area contributed by atoms with Crippen LogP contribution in [0.5, 0.6) is 0 Å². The lowest BCUT2D eigenvalue weighted by Crippen LogP contribution is -1.98. The summed E-state index contributed by atoms with van der Waals surface area (Å²) in [7, 11) is 0. The first-order valence-corrected chi connectivity index (χ1v) is 9.79. The molecule has 30 heavy (non-hydrogen) atoms. The van der Waals surface area contributed by atoms with E-state index in [0.717, 1.165) is 29.5 Å². The monoisotopic (exact) mass is 395 g/mol. The molecule has 5 heteroatoms. The standard InChI is InChI=1S/C25H21N3O2/c1-16-6-5-7-17(2)19(11-10-16)20-8-3-4-9-21(20)24-22(15-26)28-13-12-18(25(29)30)14-23(28)27-24/h3-4,7-14H,5-6H2,1-2H3,(H,29,30)/b16-10-,17-7-,19-11+. The van der Waals surface area contributed by atoms with E-state index < -0.39 is 5.97 Å². The lowest BCUT2D eigenvalue weighted by Gasteiger charge is -2.15. The predicted octanol–water partition coefficient (Wildman–Crippen LogP) is 5.64. The second-order valence-corrected chi connectivity index (χ2v) is 7.43. The summed E-state index contributed by atoms with van der Waals surface area (Å²) in [5, 5.41) is 19.1. The van der Waals surface area contributed by atoms with Gasteiger partial charge in [0.2, 0.25) is 0 Å². The quantitative estimate of drug-likeness (QED) is 0.622. The zero-order chi connectivity index (χ0) is 21.3. The van der Waals surface area contributed by atoms with Gasteiger partial charge in [-0.3, -0.25) is 4.40 Å². The Balaban J connectivity index is 1.96. The number of fused-ring (bicyclic) bond motifs is 1. The van der Waals surface area contributed by atoms with Gasteiger partial charge in [-0.15, -0.1) is 0 Å². The minimum atomic E-state index is -1.02. The Morgan fingerprint density at radius 1 is 1.17 bits per heavy atom. The number of pyridine rings is 1. The van der Waals surface area contributed by atoms with E-state index in [0.29, 0.717) is 17.0 Å². The number of carboxylic acid groups (broad SMARTS) is 1. The molecule has 0 amide bonds. The lowest BCUT2D eigenvalue weighted by atomic mass is 9.90. The van der Waals surface area contributed by atoms with Gasteiger partial charge in [0, 0.05) is 11.8 Å². The number of hydrogen-bond acceptors (Lipinski definition) is 3. The van der Waals surface area contributed by atoms with Gasteiger partial charge >= 0.3 is 5.97 Å². The van der Waals surface area contributed by atoms with Crippen molar-refractivity contribution in [2.45, 2.75) is 26.7 Å². The molecule has 5 nitrogen and oxygen atoms in total. The van der Waals surface area contributed by atoms with Crippen LogP contribution < -0.4 is 0 Å². The van der Waals surface area contributed by atoms with Crippen LogP contribution in [0, 0.1) is 11.3 Å². The fourth-order valence-electron chi connectivity index (χ4n) is 3.77. The van der Waals surface area contributed by atoms with Crippen molar-refractivity contribution in [2.24, 2.45) is 0 Å². The van der Waals surface area contributed by atoms with Crippen LogP contribution in [0.25, 0.3) is 22.5 Å². The first-order chi connectivity index (χ1) is 14.5. The molecule has 2 aromatic heterocycles. The van der Waals surface area contributed by atoms with Gasteiger partial charge in [0.05, 0.1) is 5.56 Å². The van der Waals surface area contributed by atoms with Crippen LogP contribution in [-0.2, 0) is 0 Å². The molecule has 0 fully saturated rings. The summed E-state index contributed by atoms with van der Waals surface area (Å²) in [6.45, 7) is 4.23. The molecule has 0 radical (unpaired) electrons. The average Bonchev–Trinajstić information content (AvgIpc) is 3.10. The summed E-state index contributed by atoms with van der Waals surface area (Å²) in [5.74, 6) is -1.02. The summed E-state index contributed by atoms with van der Waals surface area (Å²) in [6.07, 6.45) is 10.1. The summed E-state index contributed by atoms with van der Waals surface area (Å²) in [6, 6.07) is 13.1. The number of imidazole rings is 1. The highest BCUT2D eigenvalue weighted by Crippen LogP contribution is 2.35. The summed E-state index contributed by atoms with van der Waals surface area (Å²) in [5.41, 5.74) is 6.95. The van der Waals surface area contributed by atoms with Crippen molar-refractivity contribution >= 4 is 17.2 Å². The third-order valence-electron chi connectivity index (χ3n) is 5.40. The van der Waals surface area contributed by atoms with E-state index >= 15 is 0 Å². The van der Waals surface area contributed by atoms with Crippen molar-refractivity contribution in [2.75, 3.05) is 0 Å². The molecule has 0 unspecified atom stereocenters. The second-order valence-electron chi connectivity index (χ2n) is 7.43. The van der Waals surface area contributed by atoms with Gasteiger partial charge in [0.25, 0.3) is 0 Å². The molecule has 0 aliphatic heterocycles. The third-order valence-corrected chi connectivity index (χ3v) is 5.40. The highest BCUT2D eigenvalue weighted by molar-refractivity contribution is 5.91. The van der Waals surface area contributed by atoms with Crippen molar-refractivity contribution in [3.8, 4) is 17.3 Å². The van der Waals surface area contributed by atoms with Gasteiger partial charge in [-0.1, -0.05) is 48.1 Å². The fourth-order valence-corrected chi connectivity index (χ4v) is 3.77. The van der Waals surface area contributed by atoms with Crippen molar-refractivity contribution in [1.29, 1.82) is 5.26 Å². The zero-order valence-corrected chi connectivity index (χ0v) is 16.9. The summed E-state index contributed by atoms with van der Waals surface area (Å²) < 4.78 is 1.64. The van der Waals surface area contributed by atoms with Gasteiger partial charge in [-0.25, -0.2) is 9.78 Å². The number of aromatic carboxylic acids is 1. The lowest BCUT2D eigenvalue weighted by molar-refractivity contribution is 0.0697. The smallest absolute Gasteiger partial charge is 0.335 e. The Bertz CT molecular complexity index is 1300. The van der Waals surface area contributed by atoms with Crippen molar-refractivity contribution < 1.29 is 9.90 Å². The largest absolute Gasteiger partial charge is 0.478 e. The van der Waals surface area contributed by atoms with Crippen LogP contribution in [0.15, 0.2) is 72.0 Å². The van der Waals surface area contributed by atoms with E-state index in [9.17, 15) is 15.2 Å². The van der Waals surface area contributed by atoms with E-state index in [4.69, 9.17) is 0 Å². The molecule has 0 saturated carbocycles. The Kier molecular flexibility index (Phi) is 5.07. The molecule has 1 aliphatic carbocycles. The van der Waals surface area contributed by atoms with Gasteiger partial charge in [0.1, 0.15) is 17.4 Å². The summed E-state index contributed by atoms with van der Waals surface area (Å²) >= 11 is 0. The van der Waals surface area contributed by atoms with E-state index in [1.807, 2.05) is 24.3 Å². The maximum absolute atomic E-state index is 11.3. The molecule has 3 aromatic rings. The maximum atomic E-state index is 11.3. The zero-order valence-electron chi connectivity index (χ0n) is 16.9. The average molecular weight is 395 g/mol. The number of carbonyl (C=O) groups is 1. The number of benzene rings is 1. The molecule has 0 spiro atoms. The molecule has 148 valence electrons. The molecule has 0 saturated heterocycles. The van der Waals surface area contributed by atoms with Crippen LogP contribution >= 0.6 is 0 Å². The van der Waals surface area contributed by atoms with Crippen LogP contribution in [0.3, 0.4) is 0 Å². The SMILES string of the molecule is C/C1=C/C=C(c2ccccc2-c2nc3cc(C(=O)O)ccn3c2C#N)\C(C)=C/CC1. The van der Waals surface area contributed by atoms with E-state index in [1.165, 1.54) is 23.3 Å². The second kappa shape index (κ2) is 7.84. The highest BCUT2D eigenvalue weighted by Gasteiger charge is 2.19. The molecule has 2 heterocycles. The van der Waals surface area contributed by atoms with Gasteiger partial charge < -0.3 is 5.11 Å². The number of nitrogens with zero attached hydrogens (tertiary/aromatic N) is 3. The number of nitriles is 1. The van der Waals surface area contributed by atoms with Gasteiger partial charge in [-0.2, -0.15) is 5.26 Å². The fraction of sp³-hybridized carbons (Fsp3) is 0.160. The summed E-state index contributed by atoms with van der Waals surface area (Å²) in [4.78, 5) is 16.0. The minimum absolute atomic E-state index is 0.138. The van der Waals surface area contributed by atoms with Gasteiger partial charge in [-0.05, 0) is 55.5 Å². The number of hydrogen-bond donors (Lipinski definition) is 1. The number of rotatable bonds is 3. The van der Waals surface area contributed by atoms with Crippen molar-refractivity contribution in [3.63, 3.8) is 0 Å². The molecular formula is C25H21N3O2. The van der Waals surface area contributed by atoms with E-state index in [-0.39, 0.29) is 5.56 Å². The van der Waals surface area contributed by atoms with Crippen LogP contribution in [0.4, 0.5) is 0 Å². The van der Waals surface area contributed by atoms with Crippen molar-refractivity contribution in [1.82, 2.24) is 9.38 Å². The molecule has 1 aromatic carbocycles. The highest BCUT2D eigenvalue weighted by atomic mass is 16.4. The van der Waals surface area contributed by atoms with Crippen molar-refractivity contribution in [3.05, 3.63) is 88.8 Å². The van der Waals surface area contributed by atoms with Crippen LogP contribution in [0.1, 0.15) is 48.3 Å². The molecule has 0 bridgehead atoms. The molecule has 1 N–H and O–H groups in total. The Morgan fingerprint density at radius 3 is 2.67 bits per heavy atom.